The highest BCUT2D eigenvalue weighted by molar-refractivity contribution is 7.89. The van der Waals surface area contributed by atoms with E-state index >= 15 is 0 Å². The molecule has 0 bridgehead atoms. The molecule has 0 fully saturated rings. The summed E-state index contributed by atoms with van der Waals surface area (Å²) in [5, 5.41) is 14.7. The fourth-order valence-corrected chi connectivity index (χ4v) is 3.01. The SMILES string of the molecule is CNS(=O)(=O)c1ccc(Cl)c(C(=O)NCCNc2ncccc2C#N)c1. The van der Waals surface area contributed by atoms with Crippen LogP contribution in [0.1, 0.15) is 15.9 Å². The number of nitrogens with zero attached hydrogens (tertiary/aromatic N) is 2. The lowest BCUT2D eigenvalue weighted by Crippen LogP contribution is -2.29. The fraction of sp³-hybridized carbons (Fsp3) is 0.188. The molecule has 2 aromatic rings. The molecule has 0 aliphatic carbocycles. The van der Waals surface area contributed by atoms with Crippen LogP contribution in [0, 0.1) is 11.3 Å². The van der Waals surface area contributed by atoms with Crippen molar-refractivity contribution >= 4 is 33.3 Å². The van der Waals surface area contributed by atoms with Crippen molar-refractivity contribution in [1.29, 1.82) is 5.26 Å². The van der Waals surface area contributed by atoms with Gasteiger partial charge in [-0.05, 0) is 37.4 Å². The van der Waals surface area contributed by atoms with Gasteiger partial charge in [0.25, 0.3) is 5.91 Å². The summed E-state index contributed by atoms with van der Waals surface area (Å²) in [5.74, 6) is -0.0872. The number of halogens is 1. The van der Waals surface area contributed by atoms with Crippen LogP contribution in [0.25, 0.3) is 0 Å². The molecule has 3 N–H and O–H groups in total. The molecule has 2 rings (SSSR count). The van der Waals surface area contributed by atoms with Crippen molar-refractivity contribution < 1.29 is 13.2 Å². The normalized spacial score (nSPS) is 10.8. The average molecular weight is 394 g/mol. The molecular formula is C16H16ClN5O3S. The quantitative estimate of drug-likeness (QED) is 0.610. The molecule has 0 spiro atoms. The van der Waals surface area contributed by atoms with Crippen molar-refractivity contribution in [2.24, 2.45) is 0 Å². The molecule has 0 aliphatic rings. The van der Waals surface area contributed by atoms with Crippen LogP contribution in [0.5, 0.6) is 0 Å². The van der Waals surface area contributed by atoms with Crippen molar-refractivity contribution in [2.75, 3.05) is 25.5 Å². The van der Waals surface area contributed by atoms with Gasteiger partial charge in [-0.1, -0.05) is 11.6 Å². The Hall–Kier alpha value is -2.67. The largest absolute Gasteiger partial charge is 0.367 e. The van der Waals surface area contributed by atoms with Crippen LogP contribution >= 0.6 is 11.6 Å². The second-order valence-corrected chi connectivity index (χ2v) is 7.34. The minimum absolute atomic E-state index is 0.0542. The standard InChI is InChI=1S/C16H16ClN5O3S/c1-19-26(24,25)12-4-5-14(17)13(9-12)16(23)22-8-7-21-15-11(10-18)3-2-6-20-15/h2-6,9,19H,7-8H2,1H3,(H,20,21)(H,22,23). The molecule has 0 aliphatic heterocycles. The van der Waals surface area contributed by atoms with Crippen molar-refractivity contribution in [2.45, 2.75) is 4.90 Å². The zero-order valence-corrected chi connectivity index (χ0v) is 15.4. The summed E-state index contributed by atoms with van der Waals surface area (Å²) >= 11 is 5.99. The number of pyridine rings is 1. The van der Waals surface area contributed by atoms with Crippen molar-refractivity contribution in [3.05, 3.63) is 52.7 Å². The number of sulfonamides is 1. The van der Waals surface area contributed by atoms with Crippen LogP contribution in [0.3, 0.4) is 0 Å². The van der Waals surface area contributed by atoms with Gasteiger partial charge in [-0.2, -0.15) is 5.26 Å². The van der Waals surface area contributed by atoms with E-state index in [9.17, 15) is 13.2 Å². The number of aromatic nitrogens is 1. The van der Waals surface area contributed by atoms with Gasteiger partial charge in [0, 0.05) is 19.3 Å². The number of hydrogen-bond acceptors (Lipinski definition) is 6. The van der Waals surface area contributed by atoms with Gasteiger partial charge in [-0.25, -0.2) is 18.1 Å². The Morgan fingerprint density at radius 2 is 2.08 bits per heavy atom. The number of benzene rings is 1. The Bertz CT molecular complexity index is 957. The van der Waals surface area contributed by atoms with Gasteiger partial charge in [0.1, 0.15) is 11.9 Å². The predicted molar refractivity (Wildman–Crippen MR) is 97.5 cm³/mol. The van der Waals surface area contributed by atoms with Gasteiger partial charge in [0.2, 0.25) is 10.0 Å². The van der Waals surface area contributed by atoms with Gasteiger partial charge in [0.05, 0.1) is 21.0 Å². The summed E-state index contributed by atoms with van der Waals surface area (Å²) < 4.78 is 25.8. The molecule has 26 heavy (non-hydrogen) atoms. The molecule has 1 amide bonds. The molecule has 1 aromatic carbocycles. The predicted octanol–water partition coefficient (Wildman–Crippen LogP) is 1.36. The number of amides is 1. The van der Waals surface area contributed by atoms with E-state index in [-0.39, 0.29) is 22.0 Å². The van der Waals surface area contributed by atoms with Crippen LogP contribution in [0.15, 0.2) is 41.4 Å². The molecule has 0 saturated heterocycles. The monoisotopic (exact) mass is 393 g/mol. The minimum atomic E-state index is -3.68. The summed E-state index contributed by atoms with van der Waals surface area (Å²) in [4.78, 5) is 16.3. The summed E-state index contributed by atoms with van der Waals surface area (Å²) in [6.45, 7) is 0.545. The lowest BCUT2D eigenvalue weighted by atomic mass is 10.2. The Morgan fingerprint density at radius 1 is 1.31 bits per heavy atom. The molecule has 0 saturated carbocycles. The second-order valence-electron chi connectivity index (χ2n) is 5.04. The highest BCUT2D eigenvalue weighted by Crippen LogP contribution is 2.20. The summed E-state index contributed by atoms with van der Waals surface area (Å²) in [6.07, 6.45) is 1.55. The molecule has 0 atom stereocenters. The first-order valence-electron chi connectivity index (χ1n) is 7.49. The zero-order valence-electron chi connectivity index (χ0n) is 13.8. The smallest absolute Gasteiger partial charge is 0.252 e. The molecule has 0 unspecified atom stereocenters. The number of nitriles is 1. The summed E-state index contributed by atoms with van der Waals surface area (Å²) in [7, 11) is -2.40. The first-order valence-corrected chi connectivity index (χ1v) is 9.35. The van der Waals surface area contributed by atoms with Crippen molar-refractivity contribution in [1.82, 2.24) is 15.0 Å². The lowest BCUT2D eigenvalue weighted by molar-refractivity contribution is 0.0955. The highest BCUT2D eigenvalue weighted by atomic mass is 35.5. The van der Waals surface area contributed by atoms with E-state index in [4.69, 9.17) is 16.9 Å². The number of anilines is 1. The van der Waals surface area contributed by atoms with Gasteiger partial charge in [0.15, 0.2) is 0 Å². The number of rotatable bonds is 7. The maximum absolute atomic E-state index is 12.3. The number of hydrogen-bond donors (Lipinski definition) is 3. The third-order valence-corrected chi connectivity index (χ3v) is 5.13. The fourth-order valence-electron chi connectivity index (χ4n) is 2.05. The molecule has 1 aromatic heterocycles. The van der Waals surface area contributed by atoms with Crippen molar-refractivity contribution in [3.8, 4) is 6.07 Å². The second kappa shape index (κ2) is 8.62. The number of nitrogens with one attached hydrogen (secondary N) is 3. The third-order valence-electron chi connectivity index (χ3n) is 3.39. The van der Waals surface area contributed by atoms with Crippen molar-refractivity contribution in [3.63, 3.8) is 0 Å². The Labute approximate surface area is 156 Å². The molecule has 10 heteroatoms. The summed E-state index contributed by atoms with van der Waals surface area (Å²) in [5.41, 5.74) is 0.449. The van der Waals surface area contributed by atoms with Crippen LogP contribution < -0.4 is 15.4 Å². The Kier molecular flexibility index (Phi) is 6.52. The van der Waals surface area contributed by atoms with E-state index < -0.39 is 15.9 Å². The molecule has 1 heterocycles. The van der Waals surface area contributed by atoms with Crippen LogP contribution in [0.2, 0.25) is 5.02 Å². The first-order chi connectivity index (χ1) is 12.4. The topological polar surface area (TPSA) is 124 Å². The zero-order chi connectivity index (χ0) is 19.2. The van der Waals surface area contributed by atoms with Crippen LogP contribution in [-0.2, 0) is 10.0 Å². The van der Waals surface area contributed by atoms with E-state index in [2.05, 4.69) is 20.3 Å². The van der Waals surface area contributed by atoms with Crippen LogP contribution in [-0.4, -0.2) is 39.4 Å². The lowest BCUT2D eigenvalue weighted by Gasteiger charge is -2.10. The maximum atomic E-state index is 12.3. The first kappa shape index (κ1) is 19.7. The van der Waals surface area contributed by atoms with Gasteiger partial charge < -0.3 is 10.6 Å². The minimum Gasteiger partial charge on any atom is -0.367 e. The van der Waals surface area contributed by atoms with E-state index in [1.54, 1.807) is 18.3 Å². The maximum Gasteiger partial charge on any atom is 0.252 e. The van der Waals surface area contributed by atoms with Crippen LogP contribution in [0.4, 0.5) is 5.82 Å². The highest BCUT2D eigenvalue weighted by Gasteiger charge is 2.17. The number of carbonyl (C=O) groups excluding carboxylic acids is 1. The average Bonchev–Trinajstić information content (AvgIpc) is 2.65. The summed E-state index contributed by atoms with van der Waals surface area (Å²) in [6, 6.07) is 9.17. The van der Waals surface area contributed by atoms with Gasteiger partial charge >= 0.3 is 0 Å². The van der Waals surface area contributed by atoms with E-state index in [0.29, 0.717) is 17.9 Å². The molecule has 8 nitrogen and oxygen atoms in total. The molecule has 136 valence electrons. The van der Waals surface area contributed by atoms with Gasteiger partial charge in [-0.3, -0.25) is 4.79 Å². The third kappa shape index (κ3) is 4.70. The molecule has 0 radical (unpaired) electrons. The number of carbonyl (C=O) groups is 1. The Morgan fingerprint density at radius 3 is 2.77 bits per heavy atom. The van der Waals surface area contributed by atoms with Gasteiger partial charge in [-0.15, -0.1) is 0 Å². The van der Waals surface area contributed by atoms with E-state index in [1.807, 2.05) is 6.07 Å². The Balaban J connectivity index is 2.00. The van der Waals surface area contributed by atoms with E-state index in [1.165, 1.54) is 25.2 Å². The van der Waals surface area contributed by atoms with E-state index in [0.717, 1.165) is 0 Å². The molecular weight excluding hydrogens is 378 g/mol.